The zero-order valence-electron chi connectivity index (χ0n) is 9.40. The average Bonchev–Trinajstić information content (AvgIpc) is 2.66. The minimum atomic E-state index is 0.0492. The number of aromatic nitrogens is 2. The molecular weight excluding hydrogens is 192 g/mol. The first kappa shape index (κ1) is 11.9. The van der Waals surface area contributed by atoms with Crippen molar-refractivity contribution in [2.45, 2.75) is 33.2 Å². The van der Waals surface area contributed by atoms with E-state index < -0.39 is 0 Å². The van der Waals surface area contributed by atoms with Gasteiger partial charge in [0.25, 0.3) is 0 Å². The highest BCUT2D eigenvalue weighted by Crippen LogP contribution is 1.98. The van der Waals surface area contributed by atoms with E-state index in [1.165, 1.54) is 0 Å². The predicted molar refractivity (Wildman–Crippen MR) is 58.0 cm³/mol. The van der Waals surface area contributed by atoms with Crippen molar-refractivity contribution in [1.82, 2.24) is 9.78 Å². The number of hydrogen-bond acceptors (Lipinski definition) is 3. The van der Waals surface area contributed by atoms with Crippen molar-refractivity contribution >= 4 is 5.78 Å². The van der Waals surface area contributed by atoms with Crippen LogP contribution in [0.15, 0.2) is 12.4 Å². The maximum Gasteiger partial charge on any atom is 0.162 e. The van der Waals surface area contributed by atoms with Crippen LogP contribution < -0.4 is 0 Å². The van der Waals surface area contributed by atoms with Gasteiger partial charge in [-0.3, -0.25) is 9.48 Å². The van der Waals surface area contributed by atoms with Gasteiger partial charge in [-0.15, -0.1) is 0 Å². The van der Waals surface area contributed by atoms with E-state index in [-0.39, 0.29) is 5.78 Å². The molecule has 0 aromatic carbocycles. The standard InChI is InChI=1S/C11H18N2O2/c1-3-4-6-15-7-5-13-9-11(8-12-13)10(2)14/h8-9H,3-7H2,1-2H3. The number of carbonyl (C=O) groups excluding carboxylic acids is 1. The summed E-state index contributed by atoms with van der Waals surface area (Å²) in [5.41, 5.74) is 0.656. The molecule has 4 heteroatoms. The average molecular weight is 210 g/mol. The monoisotopic (exact) mass is 210 g/mol. The van der Waals surface area contributed by atoms with Crippen LogP contribution in [0.25, 0.3) is 0 Å². The first-order valence-electron chi connectivity index (χ1n) is 5.35. The van der Waals surface area contributed by atoms with Crippen molar-refractivity contribution in [3.05, 3.63) is 18.0 Å². The highest BCUT2D eigenvalue weighted by molar-refractivity contribution is 5.93. The fraction of sp³-hybridized carbons (Fsp3) is 0.636. The van der Waals surface area contributed by atoms with Crippen LogP contribution in [0.4, 0.5) is 0 Å². The normalized spacial score (nSPS) is 10.5. The number of ketones is 1. The topological polar surface area (TPSA) is 44.1 Å². The van der Waals surface area contributed by atoms with Gasteiger partial charge in [-0.2, -0.15) is 5.10 Å². The third kappa shape index (κ3) is 4.25. The van der Waals surface area contributed by atoms with E-state index in [0.29, 0.717) is 18.7 Å². The van der Waals surface area contributed by atoms with Crippen LogP contribution in [0.1, 0.15) is 37.0 Å². The molecule has 0 saturated heterocycles. The lowest BCUT2D eigenvalue weighted by Gasteiger charge is -2.02. The van der Waals surface area contributed by atoms with Crippen LogP contribution in [0.2, 0.25) is 0 Å². The third-order valence-corrected chi connectivity index (χ3v) is 2.15. The molecule has 84 valence electrons. The van der Waals surface area contributed by atoms with Crippen molar-refractivity contribution in [2.75, 3.05) is 13.2 Å². The summed E-state index contributed by atoms with van der Waals surface area (Å²) >= 11 is 0. The minimum absolute atomic E-state index is 0.0492. The summed E-state index contributed by atoms with van der Waals surface area (Å²) in [6.45, 7) is 5.84. The Morgan fingerprint density at radius 3 is 2.93 bits per heavy atom. The molecule has 0 bridgehead atoms. The summed E-state index contributed by atoms with van der Waals surface area (Å²) < 4.78 is 7.14. The molecule has 0 saturated carbocycles. The first-order valence-corrected chi connectivity index (χ1v) is 5.35. The number of Topliss-reactive ketones (excluding diaryl/α,β-unsaturated/α-hetero) is 1. The molecule has 0 spiro atoms. The summed E-state index contributed by atoms with van der Waals surface area (Å²) in [5.74, 6) is 0.0492. The molecule has 1 aromatic rings. The smallest absolute Gasteiger partial charge is 0.162 e. The number of nitrogens with zero attached hydrogens (tertiary/aromatic N) is 2. The fourth-order valence-electron chi connectivity index (χ4n) is 1.17. The molecule has 1 aromatic heterocycles. The van der Waals surface area contributed by atoms with Gasteiger partial charge < -0.3 is 4.74 Å². The number of ether oxygens (including phenoxy) is 1. The maximum atomic E-state index is 11.0. The number of rotatable bonds is 7. The number of carbonyl (C=O) groups is 1. The quantitative estimate of drug-likeness (QED) is 0.510. The maximum absolute atomic E-state index is 11.0. The summed E-state index contributed by atoms with van der Waals surface area (Å²) in [6, 6.07) is 0. The highest BCUT2D eigenvalue weighted by atomic mass is 16.5. The van der Waals surface area contributed by atoms with E-state index in [1.54, 1.807) is 24.0 Å². The van der Waals surface area contributed by atoms with E-state index in [0.717, 1.165) is 19.4 Å². The van der Waals surface area contributed by atoms with Crippen LogP contribution >= 0.6 is 0 Å². The van der Waals surface area contributed by atoms with Gasteiger partial charge in [-0.1, -0.05) is 13.3 Å². The van der Waals surface area contributed by atoms with E-state index in [9.17, 15) is 4.79 Å². The Morgan fingerprint density at radius 2 is 2.33 bits per heavy atom. The molecule has 0 amide bonds. The summed E-state index contributed by atoms with van der Waals surface area (Å²) in [6.07, 6.45) is 5.59. The zero-order chi connectivity index (χ0) is 11.1. The van der Waals surface area contributed by atoms with Crippen LogP contribution in [0.3, 0.4) is 0 Å². The van der Waals surface area contributed by atoms with Crippen LogP contribution in [-0.2, 0) is 11.3 Å². The van der Waals surface area contributed by atoms with Gasteiger partial charge in [-0.05, 0) is 13.3 Å². The molecular formula is C11H18N2O2. The molecule has 0 fully saturated rings. The molecule has 1 rings (SSSR count). The number of hydrogen-bond donors (Lipinski definition) is 0. The molecule has 0 radical (unpaired) electrons. The second-order valence-corrected chi connectivity index (χ2v) is 3.51. The first-order chi connectivity index (χ1) is 7.24. The molecule has 0 N–H and O–H groups in total. The molecule has 4 nitrogen and oxygen atoms in total. The van der Waals surface area contributed by atoms with Gasteiger partial charge in [0.15, 0.2) is 5.78 Å². The van der Waals surface area contributed by atoms with Gasteiger partial charge in [-0.25, -0.2) is 0 Å². The second-order valence-electron chi connectivity index (χ2n) is 3.51. The Bertz CT molecular complexity index is 307. The van der Waals surface area contributed by atoms with Gasteiger partial charge in [0.1, 0.15) is 0 Å². The zero-order valence-corrected chi connectivity index (χ0v) is 9.40. The largest absolute Gasteiger partial charge is 0.380 e. The van der Waals surface area contributed by atoms with Crippen molar-refractivity contribution in [3.63, 3.8) is 0 Å². The Hall–Kier alpha value is -1.16. The molecule has 0 aliphatic carbocycles. The lowest BCUT2D eigenvalue weighted by atomic mass is 10.3. The van der Waals surface area contributed by atoms with Gasteiger partial charge in [0.2, 0.25) is 0 Å². The lowest BCUT2D eigenvalue weighted by molar-refractivity contribution is 0.101. The molecule has 15 heavy (non-hydrogen) atoms. The third-order valence-electron chi connectivity index (χ3n) is 2.15. The van der Waals surface area contributed by atoms with Gasteiger partial charge in [0.05, 0.1) is 24.9 Å². The van der Waals surface area contributed by atoms with Gasteiger partial charge >= 0.3 is 0 Å². The Labute approximate surface area is 90.2 Å². The summed E-state index contributed by atoms with van der Waals surface area (Å²) in [7, 11) is 0. The molecule has 0 unspecified atom stereocenters. The van der Waals surface area contributed by atoms with Crippen LogP contribution in [0.5, 0.6) is 0 Å². The Balaban J connectivity index is 2.23. The summed E-state index contributed by atoms with van der Waals surface area (Å²) in [4.78, 5) is 11.0. The van der Waals surface area contributed by atoms with Crippen molar-refractivity contribution in [2.24, 2.45) is 0 Å². The fourth-order valence-corrected chi connectivity index (χ4v) is 1.17. The Morgan fingerprint density at radius 1 is 1.53 bits per heavy atom. The number of unbranched alkanes of at least 4 members (excludes halogenated alkanes) is 1. The van der Waals surface area contributed by atoms with Gasteiger partial charge in [0, 0.05) is 12.8 Å². The molecule has 0 aliphatic heterocycles. The molecule has 0 atom stereocenters. The molecule has 1 heterocycles. The van der Waals surface area contributed by atoms with Crippen molar-refractivity contribution < 1.29 is 9.53 Å². The van der Waals surface area contributed by atoms with Crippen molar-refractivity contribution in [1.29, 1.82) is 0 Å². The van der Waals surface area contributed by atoms with Crippen LogP contribution in [0, 0.1) is 0 Å². The van der Waals surface area contributed by atoms with Crippen LogP contribution in [-0.4, -0.2) is 28.8 Å². The highest BCUT2D eigenvalue weighted by Gasteiger charge is 2.02. The lowest BCUT2D eigenvalue weighted by Crippen LogP contribution is -2.07. The summed E-state index contributed by atoms with van der Waals surface area (Å²) in [5, 5.41) is 4.07. The van der Waals surface area contributed by atoms with Crippen molar-refractivity contribution in [3.8, 4) is 0 Å². The minimum Gasteiger partial charge on any atom is -0.380 e. The molecule has 0 aliphatic rings. The van der Waals surface area contributed by atoms with E-state index in [1.807, 2.05) is 0 Å². The second kappa shape index (κ2) is 6.35. The van der Waals surface area contributed by atoms with E-state index in [4.69, 9.17) is 4.74 Å². The predicted octanol–water partition coefficient (Wildman–Crippen LogP) is 1.90. The SMILES string of the molecule is CCCCOCCn1cc(C(C)=O)cn1. The Kier molecular flexibility index (Phi) is 5.04. The van der Waals surface area contributed by atoms with E-state index >= 15 is 0 Å². The van der Waals surface area contributed by atoms with E-state index in [2.05, 4.69) is 12.0 Å².